The van der Waals surface area contributed by atoms with Crippen LogP contribution in [-0.4, -0.2) is 30.4 Å². The molecular formula is C15H20N2O2. The van der Waals surface area contributed by atoms with Crippen molar-refractivity contribution in [2.75, 3.05) is 6.61 Å². The summed E-state index contributed by atoms with van der Waals surface area (Å²) in [6, 6.07) is 0.355. The molecule has 5 unspecified atom stereocenters. The minimum atomic E-state index is -0.195. The third-order valence-corrected chi connectivity index (χ3v) is 5.11. The first-order chi connectivity index (χ1) is 9.29. The Balaban J connectivity index is 1.78. The first-order valence-corrected chi connectivity index (χ1v) is 7.28. The lowest BCUT2D eigenvalue weighted by molar-refractivity contribution is -0.141. The van der Waals surface area contributed by atoms with E-state index in [2.05, 4.69) is 24.3 Å². The first kappa shape index (κ1) is 11.5. The van der Waals surface area contributed by atoms with Gasteiger partial charge in [-0.2, -0.15) is 0 Å². The molecule has 4 heteroatoms. The highest BCUT2D eigenvalue weighted by Gasteiger charge is 2.58. The van der Waals surface area contributed by atoms with Crippen LogP contribution in [-0.2, 0) is 9.47 Å². The molecule has 0 amide bonds. The van der Waals surface area contributed by atoms with Gasteiger partial charge in [0.25, 0.3) is 6.02 Å². The van der Waals surface area contributed by atoms with Crippen LogP contribution in [0.25, 0.3) is 0 Å². The van der Waals surface area contributed by atoms with Gasteiger partial charge in [0.05, 0.1) is 12.2 Å². The monoisotopic (exact) mass is 260 g/mol. The van der Waals surface area contributed by atoms with Gasteiger partial charge in [-0.25, -0.2) is 4.99 Å². The molecule has 4 nitrogen and oxygen atoms in total. The van der Waals surface area contributed by atoms with E-state index in [1.165, 1.54) is 19.3 Å². The smallest absolute Gasteiger partial charge is 0.282 e. The molecule has 2 aliphatic heterocycles. The zero-order valence-corrected chi connectivity index (χ0v) is 11.0. The summed E-state index contributed by atoms with van der Waals surface area (Å²) in [6.45, 7) is 0.614. The van der Waals surface area contributed by atoms with E-state index in [1.54, 1.807) is 0 Å². The molecule has 0 aromatic carbocycles. The van der Waals surface area contributed by atoms with Crippen LogP contribution in [0, 0.1) is 11.8 Å². The third-order valence-electron chi connectivity index (χ3n) is 5.11. The molecular weight excluding hydrogens is 240 g/mol. The summed E-state index contributed by atoms with van der Waals surface area (Å²) >= 11 is 0. The average molecular weight is 260 g/mol. The van der Waals surface area contributed by atoms with Gasteiger partial charge in [-0.05, 0) is 12.8 Å². The van der Waals surface area contributed by atoms with Crippen molar-refractivity contribution in [3.05, 3.63) is 24.3 Å². The van der Waals surface area contributed by atoms with E-state index in [0.29, 0.717) is 24.7 Å². The van der Waals surface area contributed by atoms with Crippen molar-refractivity contribution in [3.63, 3.8) is 0 Å². The average Bonchev–Trinajstić information content (AvgIpc) is 2.82. The van der Waals surface area contributed by atoms with E-state index >= 15 is 0 Å². The molecule has 5 atom stereocenters. The van der Waals surface area contributed by atoms with E-state index in [1.807, 2.05) is 0 Å². The van der Waals surface area contributed by atoms with Crippen LogP contribution in [0.1, 0.15) is 25.7 Å². The van der Waals surface area contributed by atoms with Crippen LogP contribution in [0.3, 0.4) is 0 Å². The van der Waals surface area contributed by atoms with Crippen LogP contribution < -0.4 is 5.73 Å². The van der Waals surface area contributed by atoms with Gasteiger partial charge >= 0.3 is 0 Å². The van der Waals surface area contributed by atoms with Crippen molar-refractivity contribution in [3.8, 4) is 0 Å². The molecule has 19 heavy (non-hydrogen) atoms. The van der Waals surface area contributed by atoms with Crippen LogP contribution in [0.2, 0.25) is 0 Å². The highest BCUT2D eigenvalue weighted by Crippen LogP contribution is 2.50. The summed E-state index contributed by atoms with van der Waals surface area (Å²) in [5.74, 6) is 0.706. The minimum Gasteiger partial charge on any atom is -0.463 e. The van der Waals surface area contributed by atoms with Gasteiger partial charge in [-0.15, -0.1) is 0 Å². The molecule has 0 aromatic heterocycles. The number of hydrogen-bond donors (Lipinski definition) is 1. The van der Waals surface area contributed by atoms with Gasteiger partial charge in [0.15, 0.2) is 0 Å². The van der Waals surface area contributed by atoms with Crippen molar-refractivity contribution in [2.45, 2.75) is 43.4 Å². The normalized spacial score (nSPS) is 47.5. The minimum absolute atomic E-state index is 0.127. The molecule has 0 aromatic rings. The fraction of sp³-hybridized carbons (Fsp3) is 0.667. The maximum atomic E-state index is 6.31. The van der Waals surface area contributed by atoms with Crippen molar-refractivity contribution in [2.24, 2.45) is 22.6 Å². The van der Waals surface area contributed by atoms with Crippen molar-refractivity contribution in [1.82, 2.24) is 0 Å². The Morgan fingerprint density at radius 1 is 1.21 bits per heavy atom. The van der Waals surface area contributed by atoms with Gasteiger partial charge in [0, 0.05) is 11.8 Å². The second-order valence-electron chi connectivity index (χ2n) is 6.06. The molecule has 102 valence electrons. The van der Waals surface area contributed by atoms with Crippen LogP contribution >= 0.6 is 0 Å². The van der Waals surface area contributed by atoms with Gasteiger partial charge < -0.3 is 15.2 Å². The highest BCUT2D eigenvalue weighted by atomic mass is 16.5. The molecule has 4 aliphatic rings. The predicted molar refractivity (Wildman–Crippen MR) is 72.7 cm³/mol. The molecule has 2 heterocycles. The second kappa shape index (κ2) is 4.10. The van der Waals surface area contributed by atoms with Crippen molar-refractivity contribution in [1.29, 1.82) is 0 Å². The fourth-order valence-corrected chi connectivity index (χ4v) is 4.27. The van der Waals surface area contributed by atoms with Gasteiger partial charge in [0.2, 0.25) is 0 Å². The molecule has 2 fully saturated rings. The lowest BCUT2D eigenvalue weighted by Crippen LogP contribution is -2.60. The number of aliphatic imine (C=N–C) groups is 1. The Hall–Kier alpha value is -1.29. The van der Waals surface area contributed by atoms with Gasteiger partial charge in [-0.3, -0.25) is 0 Å². The Labute approximate surface area is 113 Å². The fourth-order valence-electron chi connectivity index (χ4n) is 4.27. The molecule has 1 spiro atoms. The molecule has 2 N–H and O–H groups in total. The number of fused-ring (bicyclic) bond motifs is 4. The number of nitrogens with zero attached hydrogens (tertiary/aromatic N) is 1. The second-order valence-corrected chi connectivity index (χ2v) is 6.06. The van der Waals surface area contributed by atoms with Crippen molar-refractivity contribution >= 4 is 6.02 Å². The van der Waals surface area contributed by atoms with E-state index in [9.17, 15) is 0 Å². The largest absolute Gasteiger partial charge is 0.463 e. The Morgan fingerprint density at radius 3 is 2.89 bits per heavy atom. The van der Waals surface area contributed by atoms with E-state index in [0.717, 1.165) is 6.42 Å². The molecule has 1 saturated heterocycles. The number of amidine groups is 1. The summed E-state index contributed by atoms with van der Waals surface area (Å²) in [5, 5.41) is 0. The van der Waals surface area contributed by atoms with E-state index in [-0.39, 0.29) is 17.6 Å². The molecule has 0 bridgehead atoms. The quantitative estimate of drug-likeness (QED) is 0.722. The van der Waals surface area contributed by atoms with E-state index in [4.69, 9.17) is 20.2 Å². The summed E-state index contributed by atoms with van der Waals surface area (Å²) in [6.07, 6.45) is 13.8. The summed E-state index contributed by atoms with van der Waals surface area (Å²) in [4.78, 5) is 4.76. The topological polar surface area (TPSA) is 56.8 Å². The summed E-state index contributed by atoms with van der Waals surface area (Å²) in [7, 11) is 0. The number of nitrogens with two attached hydrogens (primary N) is 1. The Kier molecular flexibility index (Phi) is 2.49. The zero-order chi connectivity index (χ0) is 12.9. The molecule has 4 rings (SSSR count). The number of ether oxygens (including phenoxy) is 2. The van der Waals surface area contributed by atoms with Crippen molar-refractivity contribution < 1.29 is 9.47 Å². The molecule has 1 saturated carbocycles. The van der Waals surface area contributed by atoms with Crippen LogP contribution in [0.15, 0.2) is 29.3 Å². The van der Waals surface area contributed by atoms with Gasteiger partial charge in [-0.1, -0.05) is 37.1 Å². The zero-order valence-electron chi connectivity index (χ0n) is 11.0. The summed E-state index contributed by atoms with van der Waals surface area (Å²) in [5.41, 5.74) is 5.63. The third kappa shape index (κ3) is 1.59. The van der Waals surface area contributed by atoms with Gasteiger partial charge in [0.1, 0.15) is 12.1 Å². The Bertz CT molecular complexity index is 471. The number of allylic oxidation sites excluding steroid dienone is 2. The van der Waals surface area contributed by atoms with Crippen LogP contribution in [0.4, 0.5) is 0 Å². The molecule has 0 radical (unpaired) electrons. The summed E-state index contributed by atoms with van der Waals surface area (Å²) < 4.78 is 11.9. The lowest BCUT2D eigenvalue weighted by atomic mass is 9.63. The maximum Gasteiger partial charge on any atom is 0.282 e. The standard InChI is InChI=1S/C15H20N2O2/c16-14-17-15(9-18-14)10-5-1-3-7-12(10)19-13-8-4-2-6-11(13)15/h1,3,5,7,10-13H,2,4,6,8-9H2,(H2,16,17). The lowest BCUT2D eigenvalue weighted by Gasteiger charge is -2.52. The molecule has 2 aliphatic carbocycles. The number of hydrogen-bond acceptors (Lipinski definition) is 4. The Morgan fingerprint density at radius 2 is 2.05 bits per heavy atom. The first-order valence-electron chi connectivity index (χ1n) is 7.28. The number of rotatable bonds is 0. The van der Waals surface area contributed by atoms with E-state index < -0.39 is 0 Å². The predicted octanol–water partition coefficient (Wildman–Crippen LogP) is 1.77. The highest BCUT2D eigenvalue weighted by molar-refractivity contribution is 5.74. The maximum absolute atomic E-state index is 6.31. The van der Waals surface area contributed by atoms with Crippen LogP contribution in [0.5, 0.6) is 0 Å². The SMILES string of the molecule is NC1=NC2(CO1)C1C=CC=CC1OC1CCCCC12.